The molecule has 12 aromatic rings. The Morgan fingerprint density at radius 2 is 0.933 bits per heavy atom. The van der Waals surface area contributed by atoms with Gasteiger partial charge in [0.15, 0.2) is 0 Å². The largest absolute Gasteiger partial charge is 0.310 e. The molecule has 0 saturated carbocycles. The molecule has 0 spiro atoms. The van der Waals surface area contributed by atoms with E-state index in [-0.39, 0.29) is 11.6 Å². The van der Waals surface area contributed by atoms with Crippen molar-refractivity contribution in [2.45, 2.75) is 0 Å². The maximum atomic E-state index is 14.7. The van der Waals surface area contributed by atoms with Crippen LogP contribution >= 0.6 is 11.3 Å². The summed E-state index contributed by atoms with van der Waals surface area (Å²) in [7, 11) is 0. The zero-order valence-electron chi connectivity index (χ0n) is 32.1. The Hall–Kier alpha value is -7.54. The average molecular weight is 794 g/mol. The molecule has 0 radical (unpaired) electrons. The Labute approximate surface area is 348 Å². The van der Waals surface area contributed by atoms with E-state index in [1.54, 1.807) is 35.6 Å². The summed E-state index contributed by atoms with van der Waals surface area (Å²) in [6, 6.07) is 66.9. The highest BCUT2D eigenvalue weighted by molar-refractivity contribution is 7.26. The number of aromatic nitrogens is 1. The van der Waals surface area contributed by atoms with Crippen LogP contribution in [-0.4, -0.2) is 4.40 Å². The number of fused-ring (bicyclic) bond motifs is 9. The first-order valence-corrected chi connectivity index (χ1v) is 20.8. The molecule has 6 heteroatoms. The Morgan fingerprint density at radius 1 is 0.367 bits per heavy atom. The number of para-hydroxylation sites is 2. The molecule has 0 amide bonds. The van der Waals surface area contributed by atoms with Gasteiger partial charge in [-0.1, -0.05) is 84.9 Å². The van der Waals surface area contributed by atoms with Gasteiger partial charge in [0.25, 0.3) is 0 Å². The van der Waals surface area contributed by atoms with Crippen molar-refractivity contribution in [1.82, 2.24) is 4.40 Å². The number of benzene rings is 9. The number of hydrogen-bond donors (Lipinski definition) is 0. The Bertz CT molecular complexity index is 3580. The van der Waals surface area contributed by atoms with E-state index in [1.165, 1.54) is 55.2 Å². The fourth-order valence-corrected chi connectivity index (χ4v) is 10.3. The molecule has 0 aliphatic rings. The summed E-state index contributed by atoms with van der Waals surface area (Å²) in [5.74, 6) is -0.558. The van der Waals surface area contributed by atoms with Gasteiger partial charge in [-0.2, -0.15) is 0 Å². The summed E-state index contributed by atoms with van der Waals surface area (Å²) in [4.78, 5) is 4.22. The van der Waals surface area contributed by atoms with Crippen LogP contribution in [0.15, 0.2) is 200 Å². The predicted octanol–water partition coefficient (Wildman–Crippen LogP) is 16.1. The first kappa shape index (κ1) is 34.5. The van der Waals surface area contributed by atoms with Gasteiger partial charge in [-0.15, -0.1) is 11.3 Å². The highest BCUT2D eigenvalue weighted by Crippen LogP contribution is 2.49. The molecule has 0 bridgehead atoms. The van der Waals surface area contributed by atoms with Gasteiger partial charge in [-0.3, -0.25) is 0 Å². The molecule has 60 heavy (non-hydrogen) atoms. The van der Waals surface area contributed by atoms with Gasteiger partial charge in [0.1, 0.15) is 11.6 Å². The average Bonchev–Trinajstić information content (AvgIpc) is 3.92. The van der Waals surface area contributed by atoms with E-state index in [4.69, 9.17) is 0 Å². The van der Waals surface area contributed by atoms with Crippen LogP contribution in [0.4, 0.5) is 42.9 Å². The molecule has 3 heterocycles. The van der Waals surface area contributed by atoms with Gasteiger partial charge < -0.3 is 14.2 Å². The number of rotatable bonds is 7. The second kappa shape index (κ2) is 13.5. The summed E-state index contributed by atoms with van der Waals surface area (Å²) < 4.78 is 34.3. The van der Waals surface area contributed by atoms with E-state index < -0.39 is 0 Å². The molecule has 284 valence electrons. The SMILES string of the molecule is Fc1cccc(N(c2ccccc2)c2ccc3cc4c5cc(-c6ccccc6)cc6c7sc8cc(N(c9ccccc9)c9cccc(F)c9)ccc8c7n(c4cc3c2)c56)c1. The quantitative estimate of drug-likeness (QED) is 0.159. The number of anilines is 6. The van der Waals surface area contributed by atoms with Crippen molar-refractivity contribution in [2.24, 2.45) is 0 Å². The van der Waals surface area contributed by atoms with Gasteiger partial charge in [-0.25, -0.2) is 8.78 Å². The van der Waals surface area contributed by atoms with Crippen molar-refractivity contribution in [3.8, 4) is 11.1 Å². The molecule has 9 aromatic carbocycles. The third-order valence-corrected chi connectivity index (χ3v) is 12.9. The molecular weight excluding hydrogens is 761 g/mol. The van der Waals surface area contributed by atoms with Crippen LogP contribution in [0.3, 0.4) is 0 Å². The van der Waals surface area contributed by atoms with E-state index >= 15 is 0 Å². The van der Waals surface area contributed by atoms with Crippen LogP contribution in [0.5, 0.6) is 0 Å². The molecule has 0 aliphatic carbocycles. The summed E-state index contributed by atoms with van der Waals surface area (Å²) in [6.45, 7) is 0. The van der Waals surface area contributed by atoms with E-state index in [0.29, 0.717) is 0 Å². The molecule has 0 saturated heterocycles. The molecule has 0 atom stereocenters. The molecule has 0 N–H and O–H groups in total. The minimum absolute atomic E-state index is 0.277. The zero-order valence-corrected chi connectivity index (χ0v) is 32.9. The molecule has 3 nitrogen and oxygen atoms in total. The van der Waals surface area contributed by atoms with E-state index in [9.17, 15) is 8.78 Å². The minimum atomic E-state index is -0.280. The Kier molecular flexibility index (Phi) is 7.77. The summed E-state index contributed by atoms with van der Waals surface area (Å²) in [5.41, 5.74) is 11.2. The van der Waals surface area contributed by atoms with Gasteiger partial charge in [0.2, 0.25) is 0 Å². The predicted molar refractivity (Wildman–Crippen MR) is 249 cm³/mol. The van der Waals surface area contributed by atoms with Crippen molar-refractivity contribution < 1.29 is 8.78 Å². The van der Waals surface area contributed by atoms with E-state index in [1.807, 2.05) is 48.5 Å². The standard InChI is InChI=1S/C54H33F2N3S/c55-38-14-10-20-42(31-38)57(40-16-6-2-7-17-40)44-23-22-35-27-47-48-28-37(34-12-4-1-5-13-34)29-49-52(48)59(50(47)30-36(35)26-44)53-46-25-24-45(33-51(46)60-54(49)53)58(41-18-8-3-9-19-41)43-21-11-15-39(56)32-43/h1-33H. The number of hydrogen-bond acceptors (Lipinski definition) is 3. The van der Waals surface area contributed by atoms with Crippen LogP contribution in [0.25, 0.3) is 69.4 Å². The maximum absolute atomic E-state index is 14.7. The van der Waals surface area contributed by atoms with Crippen LogP contribution in [-0.2, 0) is 0 Å². The lowest BCUT2D eigenvalue weighted by Gasteiger charge is -2.25. The first-order chi connectivity index (χ1) is 29.6. The van der Waals surface area contributed by atoms with E-state index in [0.717, 1.165) is 60.5 Å². The Morgan fingerprint density at radius 3 is 1.58 bits per heavy atom. The Balaban J connectivity index is 1.12. The maximum Gasteiger partial charge on any atom is 0.125 e. The number of thiophene rings is 1. The number of halogens is 2. The zero-order chi connectivity index (χ0) is 39.9. The smallest absolute Gasteiger partial charge is 0.125 e. The van der Waals surface area contributed by atoms with Crippen molar-refractivity contribution in [1.29, 1.82) is 0 Å². The monoisotopic (exact) mass is 793 g/mol. The van der Waals surface area contributed by atoms with Crippen LogP contribution in [0.2, 0.25) is 0 Å². The number of nitrogens with zero attached hydrogens (tertiary/aromatic N) is 3. The lowest BCUT2D eigenvalue weighted by Crippen LogP contribution is -2.10. The van der Waals surface area contributed by atoms with Crippen LogP contribution in [0, 0.1) is 11.6 Å². The molecule has 0 aliphatic heterocycles. The van der Waals surface area contributed by atoms with Crippen molar-refractivity contribution in [3.05, 3.63) is 212 Å². The molecule has 0 unspecified atom stereocenters. The highest BCUT2D eigenvalue weighted by atomic mass is 32.1. The second-order valence-electron chi connectivity index (χ2n) is 15.3. The minimum Gasteiger partial charge on any atom is -0.310 e. The van der Waals surface area contributed by atoms with Gasteiger partial charge in [-0.05, 0) is 137 Å². The first-order valence-electron chi connectivity index (χ1n) is 20.0. The lowest BCUT2D eigenvalue weighted by molar-refractivity contribution is 0.627. The fourth-order valence-electron chi connectivity index (χ4n) is 9.11. The molecular formula is C54H33F2N3S. The summed E-state index contributed by atoms with van der Waals surface area (Å²) in [6.07, 6.45) is 0. The summed E-state index contributed by atoms with van der Waals surface area (Å²) >= 11 is 1.81. The fraction of sp³-hybridized carbons (Fsp3) is 0. The van der Waals surface area contributed by atoms with Crippen molar-refractivity contribution >= 4 is 104 Å². The van der Waals surface area contributed by atoms with Gasteiger partial charge >= 0.3 is 0 Å². The molecule has 12 rings (SSSR count). The lowest BCUT2D eigenvalue weighted by atomic mass is 9.99. The molecule has 0 fully saturated rings. The van der Waals surface area contributed by atoms with E-state index in [2.05, 4.69) is 129 Å². The normalized spacial score (nSPS) is 11.8. The van der Waals surface area contributed by atoms with Gasteiger partial charge in [0.05, 0.1) is 21.3 Å². The highest BCUT2D eigenvalue weighted by Gasteiger charge is 2.24. The molecule has 3 aromatic heterocycles. The topological polar surface area (TPSA) is 10.9 Å². The van der Waals surface area contributed by atoms with Gasteiger partial charge in [0, 0.05) is 60.4 Å². The van der Waals surface area contributed by atoms with Crippen molar-refractivity contribution in [2.75, 3.05) is 9.80 Å². The third kappa shape index (κ3) is 5.45. The second-order valence-corrected chi connectivity index (χ2v) is 16.3. The third-order valence-electron chi connectivity index (χ3n) is 11.7. The van der Waals surface area contributed by atoms with Crippen LogP contribution < -0.4 is 9.80 Å². The van der Waals surface area contributed by atoms with Crippen LogP contribution in [0.1, 0.15) is 0 Å². The summed E-state index contributed by atoms with van der Waals surface area (Å²) in [5, 5.41) is 7.01. The van der Waals surface area contributed by atoms with Crippen molar-refractivity contribution in [3.63, 3.8) is 0 Å².